The van der Waals surface area contributed by atoms with Crippen molar-refractivity contribution in [1.82, 2.24) is 4.44 Å². The summed E-state index contributed by atoms with van der Waals surface area (Å²) < 4.78 is 2.71. The molecule has 0 bridgehead atoms. The minimum absolute atomic E-state index is 0.569. The van der Waals surface area contributed by atoms with E-state index >= 15 is 0 Å². The van der Waals surface area contributed by atoms with Crippen molar-refractivity contribution in [1.29, 1.82) is 0 Å². The SMILES string of the molecule is CSCCCN(P(c1ccccc1)c1ccccc1)P(=S)(c1ccccc1)c1ccccc1.[Cl][Ni][Cl]. The molecule has 0 aliphatic rings. The summed E-state index contributed by atoms with van der Waals surface area (Å²) in [6.07, 6.45) is 1.02. The van der Waals surface area contributed by atoms with E-state index in [9.17, 15) is 0 Å². The Morgan fingerprint density at radius 1 is 0.722 bits per heavy atom. The van der Waals surface area contributed by atoms with Crippen LogP contribution in [0.2, 0.25) is 0 Å². The Morgan fingerprint density at radius 2 is 1.08 bits per heavy atom. The molecule has 0 unspecified atom stereocenters. The molecule has 4 aromatic rings. The molecule has 0 aliphatic carbocycles. The van der Waals surface area contributed by atoms with Crippen LogP contribution in [0.5, 0.6) is 0 Å². The zero-order valence-electron chi connectivity index (χ0n) is 19.9. The van der Waals surface area contributed by atoms with Gasteiger partial charge in [-0.25, -0.2) is 4.44 Å². The first-order valence-electron chi connectivity index (χ1n) is 11.4. The Balaban J connectivity index is 0.00000115. The maximum absolute atomic E-state index is 6.83. The fourth-order valence-electron chi connectivity index (χ4n) is 3.95. The van der Waals surface area contributed by atoms with Crippen molar-refractivity contribution in [3.8, 4) is 0 Å². The third-order valence-corrected chi connectivity index (χ3v) is 14.8. The first-order chi connectivity index (χ1) is 17.7. The summed E-state index contributed by atoms with van der Waals surface area (Å²) >= 11 is 9.31. The molecule has 0 spiro atoms. The normalized spacial score (nSPS) is 11.4. The van der Waals surface area contributed by atoms with E-state index in [0.29, 0.717) is 12.7 Å². The van der Waals surface area contributed by atoms with Gasteiger partial charge >= 0.3 is 33.0 Å². The average molecular weight is 635 g/mol. The van der Waals surface area contributed by atoms with Gasteiger partial charge in [-0.3, -0.25) is 0 Å². The molecule has 0 saturated heterocycles. The van der Waals surface area contributed by atoms with Crippen LogP contribution in [0.4, 0.5) is 0 Å². The quantitative estimate of drug-likeness (QED) is 0.101. The second kappa shape index (κ2) is 16.3. The van der Waals surface area contributed by atoms with Crippen LogP contribution in [0.15, 0.2) is 121 Å². The standard InChI is InChI=1S/C28H29NP2S2.2ClH.Ni/c1-33-24-14-23-29(30(25-15-6-2-7-16-25)26-17-8-3-9-18-26)31(32,27-19-10-4-11-20-27)28-21-12-5-13-22-28;;;/h2-13,15-22H,14,23-24H2,1H3;2*1H;/q;;;+2/p-2. The van der Waals surface area contributed by atoms with E-state index in [1.54, 1.807) is 0 Å². The molecule has 8 heteroatoms. The summed E-state index contributed by atoms with van der Waals surface area (Å²) in [5.74, 6) is 1.13. The van der Waals surface area contributed by atoms with Crippen LogP contribution >= 0.6 is 46.4 Å². The van der Waals surface area contributed by atoms with Gasteiger partial charge in [-0.1, -0.05) is 133 Å². The molecule has 0 amide bonds. The van der Waals surface area contributed by atoms with E-state index in [1.165, 1.54) is 21.2 Å². The molecular formula is C28H29Cl2NNiP2S2. The molecule has 0 aliphatic heterocycles. The van der Waals surface area contributed by atoms with Gasteiger partial charge in [0.15, 0.2) is 0 Å². The molecule has 36 heavy (non-hydrogen) atoms. The van der Waals surface area contributed by atoms with Crippen molar-refractivity contribution in [2.75, 3.05) is 18.6 Å². The van der Waals surface area contributed by atoms with Gasteiger partial charge in [-0.05, 0) is 29.0 Å². The van der Waals surface area contributed by atoms with Crippen molar-refractivity contribution >= 4 is 79.4 Å². The minimum atomic E-state index is -2.28. The maximum atomic E-state index is 6.83. The second-order valence-corrected chi connectivity index (χ2v) is 17.0. The Kier molecular flexibility index (Phi) is 13.6. The van der Waals surface area contributed by atoms with Gasteiger partial charge in [0.2, 0.25) is 0 Å². The Labute approximate surface area is 241 Å². The van der Waals surface area contributed by atoms with Crippen molar-refractivity contribution in [3.63, 3.8) is 0 Å². The third-order valence-electron chi connectivity index (χ3n) is 5.48. The summed E-state index contributed by atoms with van der Waals surface area (Å²) in [6.45, 7) is 0.970. The van der Waals surface area contributed by atoms with Crippen LogP contribution < -0.4 is 21.2 Å². The van der Waals surface area contributed by atoms with Gasteiger partial charge in [0.1, 0.15) is 0 Å². The van der Waals surface area contributed by atoms with E-state index < -0.39 is 14.3 Å². The molecule has 0 aromatic heterocycles. The molecule has 192 valence electrons. The number of hydrogen-bond acceptors (Lipinski definition) is 2. The van der Waals surface area contributed by atoms with Gasteiger partial charge in [-0.15, -0.1) is 0 Å². The number of rotatable bonds is 10. The molecule has 0 fully saturated rings. The number of nitrogens with zero attached hydrogens (tertiary/aromatic N) is 1. The van der Waals surface area contributed by atoms with Crippen molar-refractivity contribution in [2.24, 2.45) is 0 Å². The van der Waals surface area contributed by atoms with E-state index in [-0.39, 0.29) is 0 Å². The van der Waals surface area contributed by atoms with Crippen molar-refractivity contribution < 1.29 is 12.7 Å². The van der Waals surface area contributed by atoms with Crippen LogP contribution in [0.1, 0.15) is 6.42 Å². The van der Waals surface area contributed by atoms with E-state index in [4.69, 9.17) is 32.2 Å². The molecule has 0 atom stereocenters. The van der Waals surface area contributed by atoms with Crippen LogP contribution in [-0.4, -0.2) is 23.0 Å². The number of thioether (sulfide) groups is 1. The first kappa shape index (κ1) is 29.9. The van der Waals surface area contributed by atoms with Gasteiger partial charge in [0.25, 0.3) is 0 Å². The molecule has 1 nitrogen and oxygen atoms in total. The van der Waals surface area contributed by atoms with Gasteiger partial charge in [0, 0.05) is 25.2 Å². The number of benzene rings is 4. The van der Waals surface area contributed by atoms with Crippen molar-refractivity contribution in [2.45, 2.75) is 6.42 Å². The van der Waals surface area contributed by atoms with E-state index in [1.807, 2.05) is 11.8 Å². The van der Waals surface area contributed by atoms with E-state index in [2.05, 4.69) is 132 Å². The summed E-state index contributed by atoms with van der Waals surface area (Å²) in [6, 6.07) is 43.6. The second-order valence-electron chi connectivity index (χ2n) is 7.72. The van der Waals surface area contributed by atoms with Gasteiger partial charge < -0.3 is 0 Å². The van der Waals surface area contributed by atoms with Gasteiger partial charge in [0.05, 0.1) is 6.19 Å². The third kappa shape index (κ3) is 7.92. The predicted octanol–water partition coefficient (Wildman–Crippen LogP) is 7.51. The molecular weight excluding hydrogens is 606 g/mol. The summed E-state index contributed by atoms with van der Waals surface area (Å²) in [7, 11) is 8.61. The predicted molar refractivity (Wildman–Crippen MR) is 167 cm³/mol. The zero-order chi connectivity index (χ0) is 25.6. The van der Waals surface area contributed by atoms with E-state index in [0.717, 1.165) is 18.7 Å². The molecule has 0 N–H and O–H groups in total. The fraction of sp³-hybridized carbons (Fsp3) is 0.143. The monoisotopic (exact) mass is 633 g/mol. The number of hydrogen-bond donors (Lipinski definition) is 0. The molecule has 0 heterocycles. The summed E-state index contributed by atoms with van der Waals surface area (Å²) in [5, 5.41) is 5.22. The van der Waals surface area contributed by atoms with Crippen LogP contribution in [0.25, 0.3) is 0 Å². The van der Waals surface area contributed by atoms with Crippen LogP contribution in [0, 0.1) is 0 Å². The molecule has 4 aromatic carbocycles. The molecule has 0 saturated carbocycles. The Morgan fingerprint density at radius 3 is 1.44 bits per heavy atom. The Bertz CT molecular complexity index is 1110. The summed E-state index contributed by atoms with van der Waals surface area (Å²) in [4.78, 5) is 0. The Hall–Kier alpha value is -0.656. The van der Waals surface area contributed by atoms with Crippen molar-refractivity contribution in [3.05, 3.63) is 121 Å². The van der Waals surface area contributed by atoms with Crippen LogP contribution in [-0.2, 0) is 24.5 Å². The summed E-state index contributed by atoms with van der Waals surface area (Å²) in [5.41, 5.74) is 0. The fourth-order valence-corrected chi connectivity index (χ4v) is 12.7. The molecule has 0 radical (unpaired) electrons. The first-order valence-corrected chi connectivity index (χ1v) is 19.5. The topological polar surface area (TPSA) is 3.24 Å². The van der Waals surface area contributed by atoms with Gasteiger partial charge in [-0.2, -0.15) is 11.8 Å². The molecule has 4 rings (SSSR count). The zero-order valence-corrected chi connectivity index (χ0v) is 25.8. The average Bonchev–Trinajstić information content (AvgIpc) is 2.95. The van der Waals surface area contributed by atoms with Crippen LogP contribution in [0.3, 0.4) is 0 Å². The number of halogens is 2.